The minimum atomic E-state index is -0.336. The molecule has 25 heavy (non-hydrogen) atoms. The Hall–Kier alpha value is -3.48. The zero-order valence-electron chi connectivity index (χ0n) is 13.6. The summed E-state index contributed by atoms with van der Waals surface area (Å²) in [5.74, 6) is 0.655. The molecule has 0 saturated heterocycles. The molecule has 0 aromatic heterocycles. The minimum Gasteiger partial charge on any atom is -0.454 e. The summed E-state index contributed by atoms with van der Waals surface area (Å²) in [6.45, 7) is 5.47. The van der Waals surface area contributed by atoms with Gasteiger partial charge < -0.3 is 14.8 Å². The summed E-state index contributed by atoms with van der Waals surface area (Å²) >= 11 is 0. The normalized spacial score (nSPS) is 11.6. The van der Waals surface area contributed by atoms with Crippen LogP contribution < -0.4 is 25.6 Å². The van der Waals surface area contributed by atoms with Crippen LogP contribution in [0.15, 0.2) is 49.0 Å². The van der Waals surface area contributed by atoms with Crippen molar-refractivity contribution in [3.63, 3.8) is 0 Å². The molecule has 2 aromatic carbocycles. The summed E-state index contributed by atoms with van der Waals surface area (Å²) in [6, 6.07) is 12.1. The van der Waals surface area contributed by atoms with Crippen molar-refractivity contribution >= 4 is 23.2 Å². The molecule has 0 spiro atoms. The van der Waals surface area contributed by atoms with Crippen LogP contribution in [0.4, 0.5) is 5.69 Å². The van der Waals surface area contributed by atoms with Crippen LogP contribution in [0.2, 0.25) is 0 Å². The van der Waals surface area contributed by atoms with E-state index in [1.54, 1.807) is 36.4 Å². The van der Waals surface area contributed by atoms with Gasteiger partial charge in [-0.15, -0.1) is 0 Å². The number of ether oxygens (including phenoxy) is 2. The summed E-state index contributed by atoms with van der Waals surface area (Å²) in [5.41, 5.74) is 7.64. The second-order valence-electron chi connectivity index (χ2n) is 5.39. The molecule has 7 heteroatoms. The van der Waals surface area contributed by atoms with E-state index in [0.29, 0.717) is 28.4 Å². The fourth-order valence-electron chi connectivity index (χ4n) is 2.30. The highest BCUT2D eigenvalue weighted by Crippen LogP contribution is 2.32. The summed E-state index contributed by atoms with van der Waals surface area (Å²) in [7, 11) is 0. The summed E-state index contributed by atoms with van der Waals surface area (Å²) in [5, 5.41) is 2.69. The highest BCUT2D eigenvalue weighted by atomic mass is 16.7. The van der Waals surface area contributed by atoms with E-state index >= 15 is 0 Å². The molecule has 2 aromatic rings. The Morgan fingerprint density at radius 3 is 2.60 bits per heavy atom. The van der Waals surface area contributed by atoms with Crippen LogP contribution in [-0.2, 0) is 4.79 Å². The van der Waals surface area contributed by atoms with Crippen LogP contribution in [0.3, 0.4) is 0 Å². The molecule has 0 saturated carbocycles. The van der Waals surface area contributed by atoms with Gasteiger partial charge in [0.2, 0.25) is 12.7 Å². The van der Waals surface area contributed by atoms with E-state index in [9.17, 15) is 9.59 Å². The third-order valence-corrected chi connectivity index (χ3v) is 3.49. The number of hydrogen-bond acceptors (Lipinski definition) is 5. The van der Waals surface area contributed by atoms with E-state index in [-0.39, 0.29) is 18.6 Å². The van der Waals surface area contributed by atoms with Crippen LogP contribution in [0, 0.1) is 0 Å². The van der Waals surface area contributed by atoms with Crippen molar-refractivity contribution in [2.24, 2.45) is 0 Å². The molecule has 1 aliphatic rings. The highest BCUT2D eigenvalue weighted by molar-refractivity contribution is 5.95. The smallest absolute Gasteiger partial charge is 0.269 e. The first-order valence-electron chi connectivity index (χ1n) is 7.56. The Kier molecular flexibility index (Phi) is 4.56. The van der Waals surface area contributed by atoms with Crippen molar-refractivity contribution in [1.29, 1.82) is 0 Å². The van der Waals surface area contributed by atoms with Crippen LogP contribution in [-0.4, -0.2) is 18.6 Å². The zero-order valence-corrected chi connectivity index (χ0v) is 13.6. The number of fused-ring (bicyclic) bond motifs is 1. The highest BCUT2D eigenvalue weighted by Gasteiger charge is 2.16. The maximum Gasteiger partial charge on any atom is 0.269 e. The lowest BCUT2D eigenvalue weighted by Gasteiger charge is -2.12. The number of rotatable bonds is 5. The standard InChI is InChI=1S/C18H17N3O4/c1-11(13-4-3-5-15(8-13)19-12(2)22)20-21-18(23)14-6-7-16-17(9-14)25-10-24-16/h3-9,20H,1,10H2,2H3,(H,19,22)(H,21,23). The molecule has 0 atom stereocenters. The summed E-state index contributed by atoms with van der Waals surface area (Å²) < 4.78 is 10.5. The van der Waals surface area contributed by atoms with Crippen LogP contribution >= 0.6 is 0 Å². The second kappa shape index (κ2) is 6.96. The van der Waals surface area contributed by atoms with Crippen molar-refractivity contribution in [2.75, 3.05) is 12.1 Å². The van der Waals surface area contributed by atoms with Crippen molar-refractivity contribution in [2.45, 2.75) is 6.92 Å². The Morgan fingerprint density at radius 2 is 1.80 bits per heavy atom. The van der Waals surface area contributed by atoms with E-state index in [1.165, 1.54) is 6.92 Å². The van der Waals surface area contributed by atoms with E-state index < -0.39 is 0 Å². The first kappa shape index (κ1) is 16.4. The Balaban J connectivity index is 1.62. The van der Waals surface area contributed by atoms with Gasteiger partial charge in [-0.05, 0) is 30.3 Å². The largest absolute Gasteiger partial charge is 0.454 e. The van der Waals surface area contributed by atoms with Crippen LogP contribution in [0.25, 0.3) is 5.70 Å². The molecule has 0 unspecified atom stereocenters. The minimum absolute atomic E-state index is 0.153. The fourth-order valence-corrected chi connectivity index (χ4v) is 2.30. The number of nitrogens with one attached hydrogen (secondary N) is 3. The molecule has 0 fully saturated rings. The number of anilines is 1. The number of amides is 2. The third kappa shape index (κ3) is 3.89. The molecule has 1 heterocycles. The number of carbonyl (C=O) groups is 2. The first-order chi connectivity index (χ1) is 12.0. The second-order valence-corrected chi connectivity index (χ2v) is 5.39. The fraction of sp³-hybridized carbons (Fsp3) is 0.111. The van der Waals surface area contributed by atoms with Crippen LogP contribution in [0.5, 0.6) is 11.5 Å². The molecule has 1 aliphatic heterocycles. The molecule has 3 N–H and O–H groups in total. The predicted octanol–water partition coefficient (Wildman–Crippen LogP) is 2.28. The summed E-state index contributed by atoms with van der Waals surface area (Å²) in [4.78, 5) is 23.3. The van der Waals surface area contributed by atoms with Crippen molar-refractivity contribution < 1.29 is 19.1 Å². The lowest BCUT2D eigenvalue weighted by Crippen LogP contribution is -2.35. The lowest BCUT2D eigenvalue weighted by molar-refractivity contribution is -0.114. The predicted molar refractivity (Wildman–Crippen MR) is 92.9 cm³/mol. The van der Waals surface area contributed by atoms with Gasteiger partial charge >= 0.3 is 0 Å². The van der Waals surface area contributed by atoms with Gasteiger partial charge in [0.05, 0.1) is 5.70 Å². The van der Waals surface area contributed by atoms with Gasteiger partial charge in [0.15, 0.2) is 11.5 Å². The summed E-state index contributed by atoms with van der Waals surface area (Å²) in [6.07, 6.45) is 0. The molecule has 0 radical (unpaired) electrons. The molecular formula is C18H17N3O4. The van der Waals surface area contributed by atoms with E-state index in [0.717, 1.165) is 5.56 Å². The Bertz CT molecular complexity index is 848. The quantitative estimate of drug-likeness (QED) is 0.727. The molecule has 128 valence electrons. The maximum absolute atomic E-state index is 12.2. The van der Waals surface area contributed by atoms with Gasteiger partial charge in [-0.2, -0.15) is 0 Å². The van der Waals surface area contributed by atoms with Gasteiger partial charge in [0.1, 0.15) is 0 Å². The molecule has 0 bridgehead atoms. The topological polar surface area (TPSA) is 88.7 Å². The van der Waals surface area contributed by atoms with Crippen molar-refractivity contribution in [1.82, 2.24) is 10.9 Å². The van der Waals surface area contributed by atoms with Gasteiger partial charge in [0.25, 0.3) is 5.91 Å². The van der Waals surface area contributed by atoms with Gasteiger partial charge in [-0.25, -0.2) is 0 Å². The Morgan fingerprint density at radius 1 is 1.00 bits per heavy atom. The zero-order chi connectivity index (χ0) is 17.8. The molecule has 0 aliphatic carbocycles. The molecule has 3 rings (SSSR count). The van der Waals surface area contributed by atoms with Crippen LogP contribution in [0.1, 0.15) is 22.8 Å². The number of carbonyl (C=O) groups excluding carboxylic acids is 2. The third-order valence-electron chi connectivity index (χ3n) is 3.49. The van der Waals surface area contributed by atoms with E-state index in [2.05, 4.69) is 22.7 Å². The number of hydrogen-bond donors (Lipinski definition) is 3. The lowest BCUT2D eigenvalue weighted by atomic mass is 10.1. The molecule has 2 amide bonds. The first-order valence-corrected chi connectivity index (χ1v) is 7.56. The number of hydrazine groups is 1. The SMILES string of the molecule is C=C(NNC(=O)c1ccc2c(c1)OCO2)c1cccc(NC(C)=O)c1. The molecule has 7 nitrogen and oxygen atoms in total. The maximum atomic E-state index is 12.2. The van der Waals surface area contributed by atoms with E-state index in [4.69, 9.17) is 9.47 Å². The van der Waals surface area contributed by atoms with Crippen molar-refractivity contribution in [3.05, 3.63) is 60.2 Å². The average molecular weight is 339 g/mol. The monoisotopic (exact) mass is 339 g/mol. The number of benzene rings is 2. The Labute approximate surface area is 144 Å². The van der Waals surface area contributed by atoms with Gasteiger partial charge in [-0.3, -0.25) is 20.4 Å². The average Bonchev–Trinajstić information content (AvgIpc) is 3.06. The van der Waals surface area contributed by atoms with Gasteiger partial charge in [-0.1, -0.05) is 18.7 Å². The molecular weight excluding hydrogens is 322 g/mol. The van der Waals surface area contributed by atoms with Crippen molar-refractivity contribution in [3.8, 4) is 11.5 Å². The van der Waals surface area contributed by atoms with Gasteiger partial charge in [0, 0.05) is 23.7 Å². The van der Waals surface area contributed by atoms with E-state index in [1.807, 2.05) is 6.07 Å².